The molecule has 5 nitrogen and oxygen atoms in total. The standard InChI is InChI=1S/C14H17N3O2/c1-16-11-4-3-7-17(14(11)18)12-6-5-10(9-15)8-13(12)19-2/h5-6,8,11,16H,3-4,7H2,1-2H3. The number of likely N-dealkylation sites (N-methyl/N-ethyl adjacent to an activating group) is 1. The minimum atomic E-state index is -0.144. The Morgan fingerprint density at radius 3 is 2.95 bits per heavy atom. The molecule has 0 saturated carbocycles. The van der Waals surface area contributed by atoms with Gasteiger partial charge in [0, 0.05) is 12.6 Å². The van der Waals surface area contributed by atoms with Crippen molar-refractivity contribution in [3.63, 3.8) is 0 Å². The van der Waals surface area contributed by atoms with Crippen molar-refractivity contribution in [2.45, 2.75) is 18.9 Å². The summed E-state index contributed by atoms with van der Waals surface area (Å²) in [7, 11) is 3.34. The highest BCUT2D eigenvalue weighted by atomic mass is 16.5. The summed E-state index contributed by atoms with van der Waals surface area (Å²) in [6, 6.07) is 7.05. The van der Waals surface area contributed by atoms with Crippen LogP contribution in [-0.4, -0.2) is 32.7 Å². The van der Waals surface area contributed by atoms with Crippen LogP contribution in [0.2, 0.25) is 0 Å². The molecular weight excluding hydrogens is 242 g/mol. The van der Waals surface area contributed by atoms with Gasteiger partial charge >= 0.3 is 0 Å². The molecule has 1 aromatic carbocycles. The Morgan fingerprint density at radius 2 is 2.32 bits per heavy atom. The number of benzene rings is 1. The molecule has 1 aliphatic heterocycles. The van der Waals surface area contributed by atoms with E-state index in [1.807, 2.05) is 0 Å². The predicted octanol–water partition coefficient (Wildman–Crippen LogP) is 1.28. The first-order chi connectivity index (χ1) is 9.21. The molecule has 1 fully saturated rings. The second kappa shape index (κ2) is 5.72. The van der Waals surface area contributed by atoms with Crippen molar-refractivity contribution in [1.29, 1.82) is 5.26 Å². The zero-order valence-electron chi connectivity index (χ0n) is 11.1. The average Bonchev–Trinajstić information content (AvgIpc) is 2.47. The van der Waals surface area contributed by atoms with Crippen molar-refractivity contribution in [1.82, 2.24) is 5.32 Å². The number of nitriles is 1. The number of carbonyl (C=O) groups excluding carboxylic acids is 1. The van der Waals surface area contributed by atoms with Crippen molar-refractivity contribution in [3.8, 4) is 11.8 Å². The maximum Gasteiger partial charge on any atom is 0.244 e. The Bertz CT molecular complexity index is 522. The van der Waals surface area contributed by atoms with Crippen LogP contribution in [0.5, 0.6) is 5.75 Å². The molecule has 1 heterocycles. The summed E-state index contributed by atoms with van der Waals surface area (Å²) >= 11 is 0. The zero-order valence-corrected chi connectivity index (χ0v) is 11.1. The fraction of sp³-hybridized carbons (Fsp3) is 0.429. The van der Waals surface area contributed by atoms with Crippen molar-refractivity contribution >= 4 is 11.6 Å². The van der Waals surface area contributed by atoms with E-state index in [-0.39, 0.29) is 11.9 Å². The molecule has 1 aromatic rings. The highest BCUT2D eigenvalue weighted by Gasteiger charge is 2.29. The number of hydrogen-bond acceptors (Lipinski definition) is 4. The summed E-state index contributed by atoms with van der Waals surface area (Å²) in [5, 5.41) is 11.9. The first-order valence-corrected chi connectivity index (χ1v) is 6.28. The molecule has 2 rings (SSSR count). The van der Waals surface area contributed by atoms with Gasteiger partial charge in [-0.2, -0.15) is 5.26 Å². The summed E-state index contributed by atoms with van der Waals surface area (Å²) in [5.41, 5.74) is 1.25. The van der Waals surface area contributed by atoms with Crippen molar-refractivity contribution in [2.24, 2.45) is 0 Å². The summed E-state index contributed by atoms with van der Waals surface area (Å²) in [6.07, 6.45) is 1.80. The Kier molecular flexibility index (Phi) is 4.03. The van der Waals surface area contributed by atoms with Crippen LogP contribution in [0.1, 0.15) is 18.4 Å². The molecule has 100 valence electrons. The smallest absolute Gasteiger partial charge is 0.244 e. The van der Waals surface area contributed by atoms with E-state index in [9.17, 15) is 4.79 Å². The molecular formula is C14H17N3O2. The molecule has 0 spiro atoms. The van der Waals surface area contributed by atoms with E-state index in [1.54, 1.807) is 37.3 Å². The Hall–Kier alpha value is -2.06. The lowest BCUT2D eigenvalue weighted by molar-refractivity contribution is -0.121. The first kappa shape index (κ1) is 13.4. The molecule has 0 aliphatic carbocycles. The van der Waals surface area contributed by atoms with Crippen molar-refractivity contribution < 1.29 is 9.53 Å². The summed E-state index contributed by atoms with van der Waals surface area (Å²) in [4.78, 5) is 14.0. The number of ether oxygens (including phenoxy) is 1. The van der Waals surface area contributed by atoms with Crippen LogP contribution in [0.4, 0.5) is 5.69 Å². The van der Waals surface area contributed by atoms with Gasteiger partial charge in [0.05, 0.1) is 30.5 Å². The van der Waals surface area contributed by atoms with Gasteiger partial charge in [-0.1, -0.05) is 0 Å². The lowest BCUT2D eigenvalue weighted by Gasteiger charge is -2.32. The molecule has 0 aromatic heterocycles. The molecule has 1 saturated heterocycles. The largest absolute Gasteiger partial charge is 0.495 e. The quantitative estimate of drug-likeness (QED) is 0.888. The third-order valence-corrected chi connectivity index (χ3v) is 3.39. The van der Waals surface area contributed by atoms with Gasteiger partial charge in [0.15, 0.2) is 0 Å². The molecule has 1 amide bonds. The summed E-state index contributed by atoms with van der Waals surface area (Å²) < 4.78 is 5.29. The number of piperidine rings is 1. The van der Waals surface area contributed by atoms with Crippen LogP contribution >= 0.6 is 0 Å². The third-order valence-electron chi connectivity index (χ3n) is 3.39. The molecule has 0 radical (unpaired) electrons. The third kappa shape index (κ3) is 2.54. The normalized spacial score (nSPS) is 19.1. The number of amides is 1. The number of methoxy groups -OCH3 is 1. The van der Waals surface area contributed by atoms with Crippen LogP contribution in [-0.2, 0) is 4.79 Å². The van der Waals surface area contributed by atoms with Gasteiger partial charge in [-0.15, -0.1) is 0 Å². The van der Waals surface area contributed by atoms with E-state index < -0.39 is 0 Å². The first-order valence-electron chi connectivity index (χ1n) is 6.28. The summed E-state index contributed by atoms with van der Waals surface area (Å²) in [5.74, 6) is 0.612. The van der Waals surface area contributed by atoms with Gasteiger partial charge in [0.25, 0.3) is 0 Å². The Morgan fingerprint density at radius 1 is 1.53 bits per heavy atom. The molecule has 0 bridgehead atoms. The van der Waals surface area contributed by atoms with Gasteiger partial charge in [-0.25, -0.2) is 0 Å². The predicted molar refractivity (Wildman–Crippen MR) is 72.1 cm³/mol. The van der Waals surface area contributed by atoms with Crippen LogP contribution < -0.4 is 15.0 Å². The van der Waals surface area contributed by atoms with Crippen molar-refractivity contribution in [2.75, 3.05) is 25.6 Å². The monoisotopic (exact) mass is 259 g/mol. The van der Waals surface area contributed by atoms with Gasteiger partial charge in [0.1, 0.15) is 5.75 Å². The Labute approximate surface area is 112 Å². The maximum atomic E-state index is 12.3. The lowest BCUT2D eigenvalue weighted by atomic mass is 10.0. The molecule has 1 unspecified atom stereocenters. The van der Waals surface area contributed by atoms with Gasteiger partial charge < -0.3 is 15.0 Å². The van der Waals surface area contributed by atoms with Crippen LogP contribution in [0.15, 0.2) is 18.2 Å². The molecule has 5 heteroatoms. The van der Waals surface area contributed by atoms with Crippen molar-refractivity contribution in [3.05, 3.63) is 23.8 Å². The fourth-order valence-corrected chi connectivity index (χ4v) is 2.35. The van der Waals surface area contributed by atoms with Gasteiger partial charge in [-0.05, 0) is 32.0 Å². The number of nitrogens with zero attached hydrogens (tertiary/aromatic N) is 2. The minimum absolute atomic E-state index is 0.0526. The van der Waals surface area contributed by atoms with Gasteiger partial charge in [0.2, 0.25) is 5.91 Å². The number of hydrogen-bond donors (Lipinski definition) is 1. The van der Waals surface area contributed by atoms with Gasteiger partial charge in [-0.3, -0.25) is 4.79 Å². The Balaban J connectivity index is 2.35. The highest BCUT2D eigenvalue weighted by Crippen LogP contribution is 2.31. The second-order valence-corrected chi connectivity index (χ2v) is 4.47. The molecule has 1 N–H and O–H groups in total. The van der Waals surface area contributed by atoms with E-state index in [4.69, 9.17) is 10.00 Å². The number of nitrogens with one attached hydrogen (secondary N) is 1. The van der Waals surface area contributed by atoms with E-state index in [1.165, 1.54) is 0 Å². The molecule has 19 heavy (non-hydrogen) atoms. The van der Waals surface area contributed by atoms with Crippen LogP contribution in [0.3, 0.4) is 0 Å². The lowest BCUT2D eigenvalue weighted by Crippen LogP contribution is -2.49. The van der Waals surface area contributed by atoms with E-state index in [2.05, 4.69) is 11.4 Å². The second-order valence-electron chi connectivity index (χ2n) is 4.47. The topological polar surface area (TPSA) is 65.4 Å². The van der Waals surface area contributed by atoms with E-state index in [0.717, 1.165) is 18.5 Å². The fourth-order valence-electron chi connectivity index (χ4n) is 2.35. The summed E-state index contributed by atoms with van der Waals surface area (Å²) in [6.45, 7) is 0.680. The average molecular weight is 259 g/mol. The zero-order chi connectivity index (χ0) is 13.8. The highest BCUT2D eigenvalue weighted by molar-refractivity contribution is 5.99. The maximum absolute atomic E-state index is 12.3. The molecule has 1 aliphatic rings. The number of rotatable bonds is 3. The van der Waals surface area contributed by atoms with E-state index >= 15 is 0 Å². The minimum Gasteiger partial charge on any atom is -0.495 e. The molecule has 1 atom stereocenters. The number of carbonyl (C=O) groups is 1. The van der Waals surface area contributed by atoms with Crippen LogP contribution in [0.25, 0.3) is 0 Å². The SMILES string of the molecule is CNC1CCCN(c2ccc(C#N)cc2OC)C1=O. The van der Waals surface area contributed by atoms with Crippen LogP contribution in [0, 0.1) is 11.3 Å². The number of anilines is 1. The van der Waals surface area contributed by atoms with E-state index in [0.29, 0.717) is 17.9 Å².